The zero-order valence-electron chi connectivity index (χ0n) is 15.0. The second kappa shape index (κ2) is 7.17. The van der Waals surface area contributed by atoms with Gasteiger partial charge in [0.15, 0.2) is 0 Å². The van der Waals surface area contributed by atoms with Crippen molar-refractivity contribution in [1.29, 1.82) is 5.26 Å². The van der Waals surface area contributed by atoms with Gasteiger partial charge in [-0.25, -0.2) is 28.1 Å². The predicted molar refractivity (Wildman–Crippen MR) is 100 cm³/mol. The third kappa shape index (κ3) is 3.59. The van der Waals surface area contributed by atoms with Crippen LogP contribution in [0.3, 0.4) is 0 Å². The first-order chi connectivity index (χ1) is 13.8. The van der Waals surface area contributed by atoms with Crippen molar-refractivity contribution >= 4 is 28.6 Å². The van der Waals surface area contributed by atoms with E-state index in [1.807, 2.05) is 6.07 Å². The zero-order valence-corrected chi connectivity index (χ0v) is 15.7. The topological polar surface area (TPSA) is 96.7 Å². The molecule has 0 spiro atoms. The summed E-state index contributed by atoms with van der Waals surface area (Å²) in [4.78, 5) is 14.3. The molecule has 0 radical (unpaired) electrons. The van der Waals surface area contributed by atoms with Crippen molar-refractivity contribution in [3.05, 3.63) is 46.8 Å². The Labute approximate surface area is 168 Å². The molecular formula is C18H15ClF3N7. The number of benzene rings is 1. The van der Waals surface area contributed by atoms with E-state index in [9.17, 15) is 18.4 Å². The first kappa shape index (κ1) is 19.4. The van der Waals surface area contributed by atoms with Gasteiger partial charge in [0.1, 0.15) is 17.7 Å². The number of hydrogen-bond donors (Lipinski definition) is 1. The Morgan fingerprint density at radius 1 is 1.31 bits per heavy atom. The van der Waals surface area contributed by atoms with Crippen LogP contribution in [-0.4, -0.2) is 44.6 Å². The van der Waals surface area contributed by atoms with E-state index in [0.29, 0.717) is 22.3 Å². The molecule has 1 aliphatic heterocycles. The molecule has 0 amide bonds. The maximum Gasteiger partial charge on any atom is 0.266 e. The van der Waals surface area contributed by atoms with Crippen LogP contribution in [0.2, 0.25) is 5.02 Å². The number of aromatic nitrogens is 4. The molecule has 1 fully saturated rings. The monoisotopic (exact) mass is 421 g/mol. The predicted octanol–water partition coefficient (Wildman–Crippen LogP) is 2.71. The van der Waals surface area contributed by atoms with Crippen molar-refractivity contribution in [2.75, 3.05) is 18.0 Å². The molecule has 0 unspecified atom stereocenters. The molecule has 2 N–H and O–H groups in total. The molecule has 0 saturated carbocycles. The van der Waals surface area contributed by atoms with Crippen molar-refractivity contribution < 1.29 is 13.2 Å². The van der Waals surface area contributed by atoms with Gasteiger partial charge in [-0.05, 0) is 6.07 Å². The third-order valence-electron chi connectivity index (χ3n) is 4.84. The molecule has 150 valence electrons. The summed E-state index contributed by atoms with van der Waals surface area (Å²) < 4.78 is 43.2. The van der Waals surface area contributed by atoms with E-state index < -0.39 is 24.2 Å². The van der Waals surface area contributed by atoms with Crippen LogP contribution in [0.4, 0.5) is 19.1 Å². The van der Waals surface area contributed by atoms with Crippen LogP contribution in [0.5, 0.6) is 0 Å². The summed E-state index contributed by atoms with van der Waals surface area (Å²) in [5, 5.41) is 9.83. The van der Waals surface area contributed by atoms with Crippen molar-refractivity contribution in [2.24, 2.45) is 5.73 Å². The normalized spacial score (nSPS) is 18.8. The number of hydrogen-bond acceptors (Lipinski definition) is 6. The molecular weight excluding hydrogens is 407 g/mol. The highest BCUT2D eigenvalue weighted by atomic mass is 35.5. The number of alkyl halides is 2. The Bertz CT molecular complexity index is 1110. The molecule has 1 saturated heterocycles. The Hall–Kier alpha value is -2.90. The standard InChI is InChI=1S/C18H15ClF3N7/c19-11-6-25-15(26-7-11)9-29-16-10(5-23)3-12(20)4-13(16)27-17(29)28-2-1-18(21,22)14(24)8-28/h3-4,6-7,14H,1-2,8-9,24H2/t14-/m1/s1. The van der Waals surface area contributed by atoms with E-state index in [1.165, 1.54) is 18.5 Å². The molecule has 29 heavy (non-hydrogen) atoms. The molecule has 2 aromatic heterocycles. The lowest BCUT2D eigenvalue weighted by molar-refractivity contribution is -0.0395. The fraction of sp³-hybridized carbons (Fsp3) is 0.333. The maximum atomic E-state index is 13.9. The van der Waals surface area contributed by atoms with Gasteiger partial charge >= 0.3 is 0 Å². The number of piperidine rings is 1. The summed E-state index contributed by atoms with van der Waals surface area (Å²) in [5.74, 6) is -2.92. The Balaban J connectivity index is 1.85. The molecule has 3 aromatic rings. The van der Waals surface area contributed by atoms with Crippen molar-refractivity contribution in [2.45, 2.75) is 24.9 Å². The SMILES string of the molecule is N#Cc1cc(F)cc2nc(N3CCC(F)(F)[C@H](N)C3)n(Cc3ncc(Cl)cn3)c12. The van der Waals surface area contributed by atoms with Crippen molar-refractivity contribution in [1.82, 2.24) is 19.5 Å². The van der Waals surface area contributed by atoms with Crippen molar-refractivity contribution in [3.8, 4) is 6.07 Å². The molecule has 1 aliphatic rings. The highest BCUT2D eigenvalue weighted by molar-refractivity contribution is 6.30. The van der Waals surface area contributed by atoms with Gasteiger partial charge in [0, 0.05) is 38.0 Å². The van der Waals surface area contributed by atoms with E-state index in [-0.39, 0.29) is 30.7 Å². The Kier molecular flexibility index (Phi) is 4.80. The lowest BCUT2D eigenvalue weighted by atomic mass is 10.0. The van der Waals surface area contributed by atoms with E-state index in [4.69, 9.17) is 17.3 Å². The maximum absolute atomic E-state index is 13.9. The van der Waals surface area contributed by atoms with Gasteiger partial charge in [-0.15, -0.1) is 0 Å². The highest BCUT2D eigenvalue weighted by Gasteiger charge is 2.43. The number of fused-ring (bicyclic) bond motifs is 1. The van der Waals surface area contributed by atoms with Gasteiger partial charge < -0.3 is 15.2 Å². The summed E-state index contributed by atoms with van der Waals surface area (Å²) in [6.07, 6.45) is 2.41. The first-order valence-electron chi connectivity index (χ1n) is 8.73. The summed E-state index contributed by atoms with van der Waals surface area (Å²) in [7, 11) is 0. The van der Waals surface area contributed by atoms with Crippen LogP contribution in [0, 0.1) is 17.1 Å². The minimum absolute atomic E-state index is 0.00979. The van der Waals surface area contributed by atoms with Crippen LogP contribution in [-0.2, 0) is 6.54 Å². The minimum Gasteiger partial charge on any atom is -0.340 e. The number of rotatable bonds is 3. The largest absolute Gasteiger partial charge is 0.340 e. The quantitative estimate of drug-likeness (QED) is 0.698. The summed E-state index contributed by atoms with van der Waals surface area (Å²) in [6.45, 7) is -0.0382. The van der Waals surface area contributed by atoms with Crippen molar-refractivity contribution in [3.63, 3.8) is 0 Å². The van der Waals surface area contributed by atoms with Gasteiger partial charge in [-0.2, -0.15) is 5.26 Å². The third-order valence-corrected chi connectivity index (χ3v) is 5.03. The number of anilines is 1. The van der Waals surface area contributed by atoms with E-state index >= 15 is 0 Å². The van der Waals surface area contributed by atoms with Gasteiger partial charge in [0.2, 0.25) is 5.95 Å². The molecule has 11 heteroatoms. The fourth-order valence-corrected chi connectivity index (χ4v) is 3.47. The number of imidazole rings is 1. The summed E-state index contributed by atoms with van der Waals surface area (Å²) >= 11 is 5.83. The number of halogens is 4. The summed E-state index contributed by atoms with van der Waals surface area (Å²) in [5.41, 5.74) is 6.32. The van der Waals surface area contributed by atoms with E-state index in [2.05, 4.69) is 15.0 Å². The van der Waals surface area contributed by atoms with Crippen LogP contribution in [0.1, 0.15) is 17.8 Å². The van der Waals surface area contributed by atoms with Crippen LogP contribution in [0.15, 0.2) is 24.5 Å². The average molecular weight is 422 g/mol. The number of nitrogens with zero attached hydrogens (tertiary/aromatic N) is 6. The van der Waals surface area contributed by atoms with Crippen LogP contribution in [0.25, 0.3) is 11.0 Å². The van der Waals surface area contributed by atoms with Crippen LogP contribution < -0.4 is 10.6 Å². The molecule has 3 heterocycles. The first-order valence-corrected chi connectivity index (χ1v) is 9.11. The molecule has 4 rings (SSSR count). The second-order valence-electron chi connectivity index (χ2n) is 6.81. The van der Waals surface area contributed by atoms with Gasteiger partial charge in [0.25, 0.3) is 5.92 Å². The Morgan fingerprint density at radius 3 is 2.69 bits per heavy atom. The molecule has 1 aromatic carbocycles. The Morgan fingerprint density at radius 2 is 2.03 bits per heavy atom. The molecule has 7 nitrogen and oxygen atoms in total. The fourth-order valence-electron chi connectivity index (χ4n) is 3.37. The lowest BCUT2D eigenvalue weighted by Gasteiger charge is -2.37. The summed E-state index contributed by atoms with van der Waals surface area (Å²) in [6, 6.07) is 2.88. The van der Waals surface area contributed by atoms with Gasteiger partial charge in [0.05, 0.1) is 34.2 Å². The van der Waals surface area contributed by atoms with E-state index in [1.54, 1.807) is 9.47 Å². The molecule has 0 bridgehead atoms. The van der Waals surface area contributed by atoms with Gasteiger partial charge in [-0.1, -0.05) is 11.6 Å². The highest BCUT2D eigenvalue weighted by Crippen LogP contribution is 2.32. The lowest BCUT2D eigenvalue weighted by Crippen LogP contribution is -2.55. The number of nitrogens with two attached hydrogens (primary N) is 1. The zero-order chi connectivity index (χ0) is 20.8. The minimum atomic E-state index is -2.98. The molecule has 1 atom stereocenters. The van der Waals surface area contributed by atoms with Gasteiger partial charge in [-0.3, -0.25) is 0 Å². The second-order valence-corrected chi connectivity index (χ2v) is 7.25. The molecule has 0 aliphatic carbocycles. The smallest absolute Gasteiger partial charge is 0.266 e. The van der Waals surface area contributed by atoms with E-state index in [0.717, 1.165) is 6.07 Å². The van der Waals surface area contributed by atoms with Crippen LogP contribution >= 0.6 is 11.6 Å². The number of nitriles is 1. The average Bonchev–Trinajstić information content (AvgIpc) is 3.03.